The summed E-state index contributed by atoms with van der Waals surface area (Å²) in [5.74, 6) is 2.60. The van der Waals surface area contributed by atoms with Crippen LogP contribution in [0.2, 0.25) is 0 Å². The molecule has 1 fully saturated rings. The van der Waals surface area contributed by atoms with E-state index in [-0.39, 0.29) is 11.8 Å². The van der Waals surface area contributed by atoms with Crippen LogP contribution < -0.4 is 5.32 Å². The molecule has 1 N–H and O–H groups in total. The zero-order valence-electron chi connectivity index (χ0n) is 11.0. The Bertz CT molecular complexity index is 533. The van der Waals surface area contributed by atoms with Crippen LogP contribution >= 0.6 is 0 Å². The van der Waals surface area contributed by atoms with E-state index >= 15 is 0 Å². The van der Waals surface area contributed by atoms with E-state index in [0.717, 1.165) is 11.8 Å². The number of hydrogen-bond acceptors (Lipinski definition) is 1. The maximum absolute atomic E-state index is 12.9. The molecule has 0 saturated heterocycles. The van der Waals surface area contributed by atoms with Gasteiger partial charge in [-0.05, 0) is 36.3 Å². The molecule has 2 rings (SSSR count). The van der Waals surface area contributed by atoms with Gasteiger partial charge in [0.05, 0.1) is 12.1 Å². The summed E-state index contributed by atoms with van der Waals surface area (Å²) in [7, 11) is 0. The normalized spacial score (nSPS) is 21.7. The third-order valence-electron chi connectivity index (χ3n) is 3.75. The Kier molecular flexibility index (Phi) is 4.08. The molecule has 0 atom stereocenters. The third-order valence-corrected chi connectivity index (χ3v) is 3.75. The molecular weight excluding hydrogens is 263 g/mol. The van der Waals surface area contributed by atoms with Crippen LogP contribution in [0.1, 0.15) is 29.9 Å². The Morgan fingerprint density at radius 2 is 2.00 bits per heavy atom. The summed E-state index contributed by atoms with van der Waals surface area (Å²) < 4.78 is 38.8. The van der Waals surface area contributed by atoms with Gasteiger partial charge >= 0.3 is 6.18 Å². The monoisotopic (exact) mass is 279 g/mol. The van der Waals surface area contributed by atoms with E-state index in [1.54, 1.807) is 12.1 Å². The number of halogens is 3. The lowest BCUT2D eigenvalue weighted by Gasteiger charge is -2.38. The fraction of sp³-hybridized carbons (Fsp3) is 0.375. The van der Waals surface area contributed by atoms with Crippen molar-refractivity contribution >= 4 is 0 Å². The number of allylic oxidation sites excluding steroid dienone is 1. The number of alkyl halides is 3. The van der Waals surface area contributed by atoms with Crippen molar-refractivity contribution < 1.29 is 13.2 Å². The fourth-order valence-corrected chi connectivity index (χ4v) is 2.58. The molecule has 1 aromatic rings. The Morgan fingerprint density at radius 1 is 1.35 bits per heavy atom. The quantitative estimate of drug-likeness (QED) is 0.823. The number of hydrogen-bond donors (Lipinski definition) is 1. The molecule has 20 heavy (non-hydrogen) atoms. The van der Waals surface area contributed by atoms with Crippen LogP contribution in [0.3, 0.4) is 0 Å². The van der Waals surface area contributed by atoms with E-state index in [1.165, 1.54) is 6.07 Å². The molecule has 0 spiro atoms. The van der Waals surface area contributed by atoms with Gasteiger partial charge in [0.2, 0.25) is 0 Å². The van der Waals surface area contributed by atoms with Gasteiger partial charge in [-0.1, -0.05) is 30.7 Å². The van der Waals surface area contributed by atoms with Gasteiger partial charge in [0.15, 0.2) is 0 Å². The van der Waals surface area contributed by atoms with Crippen LogP contribution in [0.25, 0.3) is 0 Å². The molecule has 1 aliphatic carbocycles. The lowest BCUT2D eigenvalue weighted by Crippen LogP contribution is -2.30. The molecule has 0 amide bonds. The smallest absolute Gasteiger partial charge is 0.378 e. The van der Waals surface area contributed by atoms with Crippen molar-refractivity contribution in [2.24, 2.45) is 5.92 Å². The van der Waals surface area contributed by atoms with Crippen LogP contribution in [0, 0.1) is 18.3 Å². The summed E-state index contributed by atoms with van der Waals surface area (Å²) in [4.78, 5) is 0. The summed E-state index contributed by atoms with van der Waals surface area (Å²) in [5.41, 5.74) is 0.690. The second kappa shape index (κ2) is 5.62. The maximum Gasteiger partial charge on any atom is 0.416 e. The topological polar surface area (TPSA) is 12.0 Å². The van der Waals surface area contributed by atoms with Crippen LogP contribution in [-0.4, -0.2) is 6.54 Å². The van der Waals surface area contributed by atoms with Gasteiger partial charge < -0.3 is 5.32 Å². The first-order valence-electron chi connectivity index (χ1n) is 6.45. The van der Waals surface area contributed by atoms with Crippen LogP contribution in [0.4, 0.5) is 13.2 Å². The Balaban J connectivity index is 2.03. The lowest BCUT2D eigenvalue weighted by molar-refractivity contribution is -0.138. The van der Waals surface area contributed by atoms with Crippen LogP contribution in [0.5, 0.6) is 0 Å². The van der Waals surface area contributed by atoms with Gasteiger partial charge in [-0.2, -0.15) is 13.2 Å². The van der Waals surface area contributed by atoms with Crippen molar-refractivity contribution in [2.75, 3.05) is 6.54 Å². The van der Waals surface area contributed by atoms with Crippen molar-refractivity contribution in [1.82, 2.24) is 5.32 Å². The standard InChI is InChI=1S/C16H16F3N/c1-3-8-20-11(2)12-9-13(10-12)14-6-4-5-7-15(14)16(17,18)19/h1,4-7,12-13,20H,2,8-10H2. The highest BCUT2D eigenvalue weighted by Gasteiger charge is 2.39. The first-order valence-corrected chi connectivity index (χ1v) is 6.45. The highest BCUT2D eigenvalue weighted by Crippen LogP contribution is 2.47. The molecule has 1 aromatic carbocycles. The second-order valence-electron chi connectivity index (χ2n) is 5.03. The van der Waals surface area contributed by atoms with Gasteiger partial charge in [-0.15, -0.1) is 6.42 Å². The minimum absolute atomic E-state index is 0.0535. The molecule has 0 bridgehead atoms. The van der Waals surface area contributed by atoms with E-state index < -0.39 is 11.7 Å². The van der Waals surface area contributed by atoms with E-state index in [9.17, 15) is 13.2 Å². The average molecular weight is 279 g/mol. The third kappa shape index (κ3) is 2.98. The number of terminal acetylenes is 1. The number of nitrogens with one attached hydrogen (secondary N) is 1. The summed E-state index contributed by atoms with van der Waals surface area (Å²) in [6, 6.07) is 5.80. The van der Waals surface area contributed by atoms with Gasteiger partial charge in [-0.3, -0.25) is 0 Å². The fourth-order valence-electron chi connectivity index (χ4n) is 2.58. The van der Waals surface area contributed by atoms with Gasteiger partial charge in [0.1, 0.15) is 0 Å². The van der Waals surface area contributed by atoms with E-state index in [4.69, 9.17) is 6.42 Å². The largest absolute Gasteiger partial charge is 0.416 e. The van der Waals surface area contributed by atoms with Crippen LogP contribution in [-0.2, 0) is 6.18 Å². The highest BCUT2D eigenvalue weighted by molar-refractivity contribution is 5.35. The summed E-state index contributed by atoms with van der Waals surface area (Å²) in [6.45, 7) is 4.29. The maximum atomic E-state index is 12.9. The number of rotatable bonds is 4. The van der Waals surface area contributed by atoms with Crippen molar-refractivity contribution in [3.8, 4) is 12.3 Å². The summed E-state index contributed by atoms with van der Waals surface area (Å²) >= 11 is 0. The molecule has 0 aliphatic heterocycles. The minimum atomic E-state index is -4.29. The molecule has 1 saturated carbocycles. The zero-order chi connectivity index (χ0) is 14.8. The van der Waals surface area contributed by atoms with Gasteiger partial charge in [0.25, 0.3) is 0 Å². The molecule has 1 aliphatic rings. The number of benzene rings is 1. The summed E-state index contributed by atoms with van der Waals surface area (Å²) in [5, 5.41) is 3.00. The molecule has 0 heterocycles. The van der Waals surface area contributed by atoms with Crippen molar-refractivity contribution in [3.63, 3.8) is 0 Å². The first-order chi connectivity index (χ1) is 9.43. The first kappa shape index (κ1) is 14.5. The lowest BCUT2D eigenvalue weighted by atomic mass is 9.69. The second-order valence-corrected chi connectivity index (χ2v) is 5.03. The minimum Gasteiger partial charge on any atom is -0.378 e. The predicted molar refractivity (Wildman–Crippen MR) is 72.9 cm³/mol. The van der Waals surface area contributed by atoms with E-state index in [2.05, 4.69) is 17.8 Å². The van der Waals surface area contributed by atoms with E-state index in [0.29, 0.717) is 24.9 Å². The Labute approximate surface area is 116 Å². The molecule has 0 unspecified atom stereocenters. The van der Waals surface area contributed by atoms with E-state index in [1.807, 2.05) is 0 Å². The predicted octanol–water partition coefficient (Wildman–Crippen LogP) is 3.94. The molecule has 1 nitrogen and oxygen atoms in total. The summed E-state index contributed by atoms with van der Waals surface area (Å²) in [6.07, 6.45) is 2.22. The molecular formula is C16H16F3N. The Hall–Kier alpha value is -1.89. The van der Waals surface area contributed by atoms with Gasteiger partial charge in [-0.25, -0.2) is 0 Å². The molecule has 4 heteroatoms. The Morgan fingerprint density at radius 3 is 2.60 bits per heavy atom. The van der Waals surface area contributed by atoms with Gasteiger partial charge in [0, 0.05) is 5.70 Å². The van der Waals surface area contributed by atoms with Crippen LogP contribution in [0.15, 0.2) is 36.5 Å². The van der Waals surface area contributed by atoms with Crippen molar-refractivity contribution in [1.29, 1.82) is 0 Å². The molecule has 0 radical (unpaired) electrons. The molecule has 106 valence electrons. The van der Waals surface area contributed by atoms with Crippen molar-refractivity contribution in [2.45, 2.75) is 24.9 Å². The zero-order valence-corrected chi connectivity index (χ0v) is 11.0. The average Bonchev–Trinajstić information content (AvgIpc) is 2.34. The van der Waals surface area contributed by atoms with Crippen molar-refractivity contribution in [3.05, 3.63) is 47.7 Å². The highest BCUT2D eigenvalue weighted by atomic mass is 19.4. The SMILES string of the molecule is C#CCNC(=C)C1CC(c2ccccc2C(F)(F)F)C1. The molecule has 0 aromatic heterocycles.